The summed E-state index contributed by atoms with van der Waals surface area (Å²) in [6.07, 6.45) is 0.420. The molecule has 0 saturated carbocycles. The zero-order valence-electron chi connectivity index (χ0n) is 15.1. The molecule has 2 aromatic rings. The third-order valence-corrected chi connectivity index (χ3v) is 4.06. The summed E-state index contributed by atoms with van der Waals surface area (Å²) in [4.78, 5) is 24.3. The minimum absolute atomic E-state index is 0.0124. The van der Waals surface area contributed by atoms with Gasteiger partial charge in [0.25, 0.3) is 0 Å². The standard InChI is InChI=1S/C21H25NO3/c1-15-7-8-16(2)19(11-15)20(23)9-10-21(24)22-13-17-5-4-6-18(12-17)14-25-3/h4-8,11-12H,9-10,13-14H2,1-3H3,(H,22,24). The first-order valence-electron chi connectivity index (χ1n) is 8.43. The first-order valence-corrected chi connectivity index (χ1v) is 8.43. The van der Waals surface area contributed by atoms with E-state index in [4.69, 9.17) is 4.74 Å². The lowest BCUT2D eigenvalue weighted by molar-refractivity contribution is -0.121. The number of Topliss-reactive ketones (excluding diaryl/α,β-unsaturated/α-hetero) is 1. The van der Waals surface area contributed by atoms with Gasteiger partial charge in [-0.3, -0.25) is 9.59 Å². The first kappa shape index (κ1) is 18.9. The number of rotatable bonds is 8. The molecular formula is C21H25NO3. The molecule has 1 N–H and O–H groups in total. The smallest absolute Gasteiger partial charge is 0.220 e. The summed E-state index contributed by atoms with van der Waals surface area (Å²) < 4.78 is 5.11. The van der Waals surface area contributed by atoms with E-state index in [0.29, 0.717) is 18.7 Å². The molecule has 0 aliphatic carbocycles. The Labute approximate surface area is 149 Å². The Bertz CT molecular complexity index is 753. The van der Waals surface area contributed by atoms with Gasteiger partial charge in [-0.2, -0.15) is 0 Å². The van der Waals surface area contributed by atoms with Crippen molar-refractivity contribution in [1.29, 1.82) is 0 Å². The summed E-state index contributed by atoms with van der Waals surface area (Å²) in [5.74, 6) is -0.103. The van der Waals surface area contributed by atoms with Gasteiger partial charge in [0.2, 0.25) is 5.91 Å². The second-order valence-corrected chi connectivity index (χ2v) is 6.27. The van der Waals surface area contributed by atoms with E-state index < -0.39 is 0 Å². The predicted molar refractivity (Wildman–Crippen MR) is 98.5 cm³/mol. The van der Waals surface area contributed by atoms with E-state index in [0.717, 1.165) is 22.3 Å². The fraction of sp³-hybridized carbons (Fsp3) is 0.333. The molecule has 0 heterocycles. The van der Waals surface area contributed by atoms with Crippen LogP contribution >= 0.6 is 0 Å². The fourth-order valence-corrected chi connectivity index (χ4v) is 2.68. The van der Waals surface area contributed by atoms with Gasteiger partial charge in [-0.25, -0.2) is 0 Å². The lowest BCUT2D eigenvalue weighted by atomic mass is 9.99. The van der Waals surface area contributed by atoms with Gasteiger partial charge in [0.1, 0.15) is 0 Å². The van der Waals surface area contributed by atoms with E-state index in [1.54, 1.807) is 7.11 Å². The summed E-state index contributed by atoms with van der Waals surface area (Å²) in [5.41, 5.74) is 4.79. The second kappa shape index (κ2) is 9.14. The van der Waals surface area contributed by atoms with Crippen LogP contribution in [0.3, 0.4) is 0 Å². The number of aryl methyl sites for hydroxylation is 2. The molecule has 0 aliphatic rings. The van der Waals surface area contributed by atoms with Crippen LogP contribution in [0.25, 0.3) is 0 Å². The SMILES string of the molecule is COCc1cccc(CNC(=O)CCC(=O)c2cc(C)ccc2C)c1. The number of benzene rings is 2. The minimum atomic E-state index is -0.115. The second-order valence-electron chi connectivity index (χ2n) is 6.27. The summed E-state index contributed by atoms with van der Waals surface area (Å²) in [7, 11) is 1.65. The molecule has 0 fully saturated rings. The maximum atomic E-state index is 12.3. The van der Waals surface area contributed by atoms with Crippen molar-refractivity contribution >= 4 is 11.7 Å². The Balaban J connectivity index is 1.83. The number of carbonyl (C=O) groups is 2. The lowest BCUT2D eigenvalue weighted by Gasteiger charge is -2.08. The zero-order valence-corrected chi connectivity index (χ0v) is 15.1. The van der Waals surface area contributed by atoms with E-state index in [9.17, 15) is 9.59 Å². The number of ketones is 1. The van der Waals surface area contributed by atoms with Crippen LogP contribution in [0, 0.1) is 13.8 Å². The van der Waals surface area contributed by atoms with Crippen molar-refractivity contribution in [2.75, 3.05) is 7.11 Å². The van der Waals surface area contributed by atoms with Gasteiger partial charge >= 0.3 is 0 Å². The van der Waals surface area contributed by atoms with Crippen LogP contribution < -0.4 is 5.32 Å². The highest BCUT2D eigenvalue weighted by atomic mass is 16.5. The molecule has 0 aliphatic heterocycles. The van der Waals surface area contributed by atoms with Crippen molar-refractivity contribution in [1.82, 2.24) is 5.32 Å². The number of methoxy groups -OCH3 is 1. The van der Waals surface area contributed by atoms with Crippen molar-refractivity contribution in [3.63, 3.8) is 0 Å². The van der Waals surface area contributed by atoms with Gasteiger partial charge in [-0.1, -0.05) is 42.0 Å². The van der Waals surface area contributed by atoms with Crippen LogP contribution in [0.15, 0.2) is 42.5 Å². The molecule has 0 unspecified atom stereocenters. The van der Waals surface area contributed by atoms with Gasteiger partial charge in [0.15, 0.2) is 5.78 Å². The van der Waals surface area contributed by atoms with E-state index in [1.165, 1.54) is 0 Å². The quantitative estimate of drug-likeness (QED) is 0.746. The summed E-state index contributed by atoms with van der Waals surface area (Å²) in [6, 6.07) is 13.7. The van der Waals surface area contributed by atoms with E-state index >= 15 is 0 Å². The van der Waals surface area contributed by atoms with E-state index in [1.807, 2.05) is 56.3 Å². The topological polar surface area (TPSA) is 55.4 Å². The van der Waals surface area contributed by atoms with Crippen LogP contribution in [0.2, 0.25) is 0 Å². The fourth-order valence-electron chi connectivity index (χ4n) is 2.68. The highest BCUT2D eigenvalue weighted by molar-refractivity contribution is 5.99. The van der Waals surface area contributed by atoms with Crippen LogP contribution in [0.4, 0.5) is 0 Å². The van der Waals surface area contributed by atoms with Gasteiger partial charge in [0, 0.05) is 32.1 Å². The molecular weight excluding hydrogens is 314 g/mol. The van der Waals surface area contributed by atoms with Crippen LogP contribution in [0.1, 0.15) is 45.5 Å². The molecule has 4 nitrogen and oxygen atoms in total. The van der Waals surface area contributed by atoms with Gasteiger partial charge < -0.3 is 10.1 Å². The molecule has 4 heteroatoms. The highest BCUT2D eigenvalue weighted by Crippen LogP contribution is 2.14. The third-order valence-electron chi connectivity index (χ3n) is 4.06. The molecule has 0 atom stereocenters. The maximum Gasteiger partial charge on any atom is 0.220 e. The molecule has 0 aromatic heterocycles. The summed E-state index contributed by atoms with van der Waals surface area (Å²) in [6.45, 7) is 4.88. The number of nitrogens with one attached hydrogen (secondary N) is 1. The first-order chi connectivity index (χ1) is 12.0. The largest absolute Gasteiger partial charge is 0.380 e. The number of hydrogen-bond acceptors (Lipinski definition) is 3. The molecule has 0 bridgehead atoms. The Morgan fingerprint density at radius 2 is 1.76 bits per heavy atom. The summed E-state index contributed by atoms with van der Waals surface area (Å²) in [5, 5.41) is 2.87. The number of hydrogen-bond donors (Lipinski definition) is 1. The number of carbonyl (C=O) groups excluding carboxylic acids is 2. The van der Waals surface area contributed by atoms with Gasteiger partial charge in [0.05, 0.1) is 6.61 Å². The minimum Gasteiger partial charge on any atom is -0.380 e. The van der Waals surface area contributed by atoms with Gasteiger partial charge in [-0.05, 0) is 36.6 Å². The highest BCUT2D eigenvalue weighted by Gasteiger charge is 2.12. The molecule has 0 radical (unpaired) electrons. The number of amides is 1. The molecule has 0 saturated heterocycles. The Morgan fingerprint density at radius 3 is 2.52 bits per heavy atom. The Kier molecular flexibility index (Phi) is 6.90. The van der Waals surface area contributed by atoms with Crippen LogP contribution in [-0.2, 0) is 22.7 Å². The van der Waals surface area contributed by atoms with Crippen molar-refractivity contribution in [2.45, 2.75) is 39.8 Å². The predicted octanol–water partition coefficient (Wildman–Crippen LogP) is 3.73. The molecule has 2 aromatic carbocycles. The van der Waals surface area contributed by atoms with Crippen molar-refractivity contribution in [2.24, 2.45) is 0 Å². The number of ether oxygens (including phenoxy) is 1. The molecule has 132 valence electrons. The normalized spacial score (nSPS) is 10.5. The average Bonchev–Trinajstić information content (AvgIpc) is 2.60. The molecule has 25 heavy (non-hydrogen) atoms. The summed E-state index contributed by atoms with van der Waals surface area (Å²) >= 11 is 0. The zero-order chi connectivity index (χ0) is 18.2. The van der Waals surface area contributed by atoms with Gasteiger partial charge in [-0.15, -0.1) is 0 Å². The van der Waals surface area contributed by atoms with Crippen LogP contribution in [0.5, 0.6) is 0 Å². The Hall–Kier alpha value is -2.46. The van der Waals surface area contributed by atoms with E-state index in [2.05, 4.69) is 5.32 Å². The maximum absolute atomic E-state index is 12.3. The molecule has 2 rings (SSSR count). The van der Waals surface area contributed by atoms with Crippen molar-refractivity contribution in [3.05, 3.63) is 70.3 Å². The monoisotopic (exact) mass is 339 g/mol. The van der Waals surface area contributed by atoms with Crippen LogP contribution in [-0.4, -0.2) is 18.8 Å². The van der Waals surface area contributed by atoms with Crippen molar-refractivity contribution < 1.29 is 14.3 Å². The molecule has 1 amide bonds. The molecule has 0 spiro atoms. The lowest BCUT2D eigenvalue weighted by Crippen LogP contribution is -2.23. The average molecular weight is 339 g/mol. The third kappa shape index (κ3) is 5.84. The van der Waals surface area contributed by atoms with E-state index in [-0.39, 0.29) is 24.5 Å². The van der Waals surface area contributed by atoms with Crippen molar-refractivity contribution in [3.8, 4) is 0 Å². The Morgan fingerprint density at radius 1 is 1.00 bits per heavy atom.